The molecule has 122 valence electrons. The van der Waals surface area contributed by atoms with E-state index >= 15 is 0 Å². The van der Waals surface area contributed by atoms with E-state index in [1.807, 2.05) is 11.6 Å². The Labute approximate surface area is 139 Å². The van der Waals surface area contributed by atoms with E-state index in [1.54, 1.807) is 24.5 Å². The molecule has 6 heteroatoms. The van der Waals surface area contributed by atoms with Gasteiger partial charge in [-0.05, 0) is 42.3 Å². The van der Waals surface area contributed by atoms with Crippen LogP contribution in [-0.2, 0) is 13.5 Å². The average molecular weight is 323 g/mol. The lowest BCUT2D eigenvalue weighted by molar-refractivity contribution is 0.0953. The molecule has 2 aromatic carbocycles. The normalized spacial score (nSPS) is 12.5. The molecule has 1 N–H and O–H groups in total. The van der Waals surface area contributed by atoms with Crippen molar-refractivity contribution in [2.75, 3.05) is 13.3 Å². The van der Waals surface area contributed by atoms with Gasteiger partial charge in [0.2, 0.25) is 6.79 Å². The van der Waals surface area contributed by atoms with Crippen molar-refractivity contribution >= 4 is 16.9 Å². The maximum atomic E-state index is 12.2. The Morgan fingerprint density at radius 2 is 2.08 bits per heavy atom. The predicted molar refractivity (Wildman–Crippen MR) is 89.3 cm³/mol. The van der Waals surface area contributed by atoms with Crippen molar-refractivity contribution in [3.8, 4) is 11.5 Å². The van der Waals surface area contributed by atoms with Crippen molar-refractivity contribution in [3.05, 3.63) is 53.9 Å². The summed E-state index contributed by atoms with van der Waals surface area (Å²) in [6.45, 7) is 0.766. The van der Waals surface area contributed by atoms with Crippen molar-refractivity contribution in [1.29, 1.82) is 0 Å². The van der Waals surface area contributed by atoms with Crippen LogP contribution in [0.2, 0.25) is 0 Å². The van der Waals surface area contributed by atoms with E-state index in [0.717, 1.165) is 23.0 Å². The van der Waals surface area contributed by atoms with Crippen LogP contribution in [0, 0.1) is 0 Å². The Balaban J connectivity index is 1.38. The Morgan fingerprint density at radius 1 is 1.21 bits per heavy atom. The predicted octanol–water partition coefficient (Wildman–Crippen LogP) is 2.27. The number of aryl methyl sites for hydroxylation is 1. The highest BCUT2D eigenvalue weighted by Gasteiger charge is 2.15. The maximum absolute atomic E-state index is 12.2. The van der Waals surface area contributed by atoms with Crippen molar-refractivity contribution in [1.82, 2.24) is 14.9 Å². The molecule has 0 saturated carbocycles. The molecule has 0 unspecified atom stereocenters. The number of nitrogens with zero attached hydrogens (tertiary/aromatic N) is 2. The van der Waals surface area contributed by atoms with Crippen LogP contribution in [0.5, 0.6) is 11.5 Å². The van der Waals surface area contributed by atoms with Crippen LogP contribution in [-0.4, -0.2) is 28.8 Å². The summed E-state index contributed by atoms with van der Waals surface area (Å²) in [6.07, 6.45) is 2.55. The van der Waals surface area contributed by atoms with Gasteiger partial charge >= 0.3 is 0 Å². The summed E-state index contributed by atoms with van der Waals surface area (Å²) in [5.41, 5.74) is 3.78. The minimum atomic E-state index is -0.118. The maximum Gasteiger partial charge on any atom is 0.251 e. The molecule has 3 aromatic rings. The van der Waals surface area contributed by atoms with Gasteiger partial charge in [-0.2, -0.15) is 0 Å². The fourth-order valence-corrected chi connectivity index (χ4v) is 2.80. The third-order valence-corrected chi connectivity index (χ3v) is 4.12. The van der Waals surface area contributed by atoms with Crippen molar-refractivity contribution in [2.24, 2.45) is 7.05 Å². The van der Waals surface area contributed by atoms with Gasteiger partial charge in [-0.1, -0.05) is 6.07 Å². The highest BCUT2D eigenvalue weighted by atomic mass is 16.7. The number of hydrogen-bond donors (Lipinski definition) is 1. The van der Waals surface area contributed by atoms with Gasteiger partial charge in [0, 0.05) is 19.2 Å². The number of hydrogen-bond acceptors (Lipinski definition) is 4. The smallest absolute Gasteiger partial charge is 0.251 e. The molecule has 0 atom stereocenters. The van der Waals surface area contributed by atoms with E-state index in [9.17, 15) is 4.79 Å². The van der Waals surface area contributed by atoms with E-state index in [1.165, 1.54) is 0 Å². The molecule has 0 aliphatic carbocycles. The summed E-state index contributed by atoms with van der Waals surface area (Å²) < 4.78 is 12.5. The third-order valence-electron chi connectivity index (χ3n) is 4.12. The molecule has 1 aromatic heterocycles. The van der Waals surface area contributed by atoms with Gasteiger partial charge in [-0.15, -0.1) is 0 Å². The first-order valence-electron chi connectivity index (χ1n) is 7.78. The standard InChI is InChI=1S/C18H17N3O3/c1-21-10-20-14-8-12(2-4-15(14)21)6-7-19-18(22)13-3-5-16-17(9-13)24-11-23-16/h2-5,8-10H,6-7,11H2,1H3,(H,19,22). The molecule has 0 fully saturated rings. The molecule has 4 rings (SSSR count). The van der Waals surface area contributed by atoms with Crippen molar-refractivity contribution < 1.29 is 14.3 Å². The number of rotatable bonds is 4. The van der Waals surface area contributed by atoms with Crippen molar-refractivity contribution in [2.45, 2.75) is 6.42 Å². The zero-order valence-corrected chi connectivity index (χ0v) is 13.3. The van der Waals surface area contributed by atoms with Crippen LogP contribution in [0.3, 0.4) is 0 Å². The van der Waals surface area contributed by atoms with Gasteiger partial charge in [-0.3, -0.25) is 4.79 Å². The van der Waals surface area contributed by atoms with E-state index in [-0.39, 0.29) is 12.7 Å². The summed E-state index contributed by atoms with van der Waals surface area (Å²) in [6, 6.07) is 11.4. The van der Waals surface area contributed by atoms with Gasteiger partial charge < -0.3 is 19.4 Å². The Morgan fingerprint density at radius 3 is 3.00 bits per heavy atom. The van der Waals surface area contributed by atoms with Crippen LogP contribution in [0.25, 0.3) is 11.0 Å². The fourth-order valence-electron chi connectivity index (χ4n) is 2.80. The molecule has 0 radical (unpaired) electrons. The van der Waals surface area contributed by atoms with Crippen LogP contribution < -0.4 is 14.8 Å². The van der Waals surface area contributed by atoms with Gasteiger partial charge in [-0.25, -0.2) is 4.98 Å². The lowest BCUT2D eigenvalue weighted by Crippen LogP contribution is -2.25. The molecule has 0 bridgehead atoms. The lowest BCUT2D eigenvalue weighted by Gasteiger charge is -2.06. The van der Waals surface area contributed by atoms with Gasteiger partial charge in [0.05, 0.1) is 17.4 Å². The zero-order chi connectivity index (χ0) is 16.5. The Kier molecular flexibility index (Phi) is 3.57. The number of benzene rings is 2. The molecule has 1 amide bonds. The second-order valence-electron chi connectivity index (χ2n) is 5.75. The number of fused-ring (bicyclic) bond motifs is 2. The van der Waals surface area contributed by atoms with E-state index < -0.39 is 0 Å². The topological polar surface area (TPSA) is 65.4 Å². The summed E-state index contributed by atoms with van der Waals surface area (Å²) in [7, 11) is 1.97. The monoisotopic (exact) mass is 323 g/mol. The Bertz CT molecular complexity index is 917. The number of carbonyl (C=O) groups excluding carboxylic acids is 1. The molecular weight excluding hydrogens is 306 g/mol. The second kappa shape index (κ2) is 5.88. The summed E-state index contributed by atoms with van der Waals surface area (Å²) in [5.74, 6) is 1.17. The van der Waals surface area contributed by atoms with Crippen LogP contribution >= 0.6 is 0 Å². The highest BCUT2D eigenvalue weighted by molar-refractivity contribution is 5.94. The number of aromatic nitrogens is 2. The average Bonchev–Trinajstić information content (AvgIpc) is 3.20. The fraction of sp³-hybridized carbons (Fsp3) is 0.222. The number of carbonyl (C=O) groups is 1. The minimum Gasteiger partial charge on any atom is -0.454 e. The summed E-state index contributed by atoms with van der Waals surface area (Å²) in [5, 5.41) is 2.93. The van der Waals surface area contributed by atoms with Gasteiger partial charge in [0.25, 0.3) is 5.91 Å². The number of nitrogens with one attached hydrogen (secondary N) is 1. The molecular formula is C18H17N3O3. The molecule has 0 saturated heterocycles. The summed E-state index contributed by atoms with van der Waals surface area (Å²) in [4.78, 5) is 16.6. The quantitative estimate of drug-likeness (QED) is 0.800. The summed E-state index contributed by atoms with van der Waals surface area (Å²) >= 11 is 0. The first-order chi connectivity index (χ1) is 11.7. The second-order valence-corrected chi connectivity index (χ2v) is 5.75. The van der Waals surface area contributed by atoms with Gasteiger partial charge in [0.1, 0.15) is 0 Å². The van der Waals surface area contributed by atoms with Crippen molar-refractivity contribution in [3.63, 3.8) is 0 Å². The molecule has 0 spiro atoms. The van der Waals surface area contributed by atoms with Gasteiger partial charge in [0.15, 0.2) is 11.5 Å². The molecule has 6 nitrogen and oxygen atoms in total. The largest absolute Gasteiger partial charge is 0.454 e. The number of ether oxygens (including phenoxy) is 2. The van der Waals surface area contributed by atoms with Crippen LogP contribution in [0.4, 0.5) is 0 Å². The number of imidazole rings is 1. The third kappa shape index (κ3) is 2.67. The molecule has 24 heavy (non-hydrogen) atoms. The van der Waals surface area contributed by atoms with E-state index in [0.29, 0.717) is 23.6 Å². The molecule has 1 aliphatic rings. The highest BCUT2D eigenvalue weighted by Crippen LogP contribution is 2.32. The SMILES string of the molecule is Cn1cnc2cc(CCNC(=O)c3ccc4c(c3)OCO4)ccc21. The number of amides is 1. The van der Waals surface area contributed by atoms with Crippen LogP contribution in [0.1, 0.15) is 15.9 Å². The first-order valence-corrected chi connectivity index (χ1v) is 7.78. The first kappa shape index (κ1) is 14.6. The van der Waals surface area contributed by atoms with E-state index in [4.69, 9.17) is 9.47 Å². The lowest BCUT2D eigenvalue weighted by atomic mass is 10.1. The zero-order valence-electron chi connectivity index (χ0n) is 13.3. The Hall–Kier alpha value is -3.02. The molecule has 2 heterocycles. The van der Waals surface area contributed by atoms with E-state index in [2.05, 4.69) is 28.5 Å². The molecule has 1 aliphatic heterocycles. The van der Waals surface area contributed by atoms with Crippen LogP contribution in [0.15, 0.2) is 42.7 Å². The minimum absolute atomic E-state index is 0.118.